The van der Waals surface area contributed by atoms with Crippen LogP contribution in [0, 0.1) is 11.3 Å². The van der Waals surface area contributed by atoms with Gasteiger partial charge in [-0.3, -0.25) is 5.32 Å². The quantitative estimate of drug-likeness (QED) is 0.767. The van der Waals surface area contributed by atoms with Crippen LogP contribution in [0.4, 0.5) is 0 Å². The van der Waals surface area contributed by atoms with Gasteiger partial charge in [-0.25, -0.2) is 0 Å². The third kappa shape index (κ3) is 5.12. The fourth-order valence-electron chi connectivity index (χ4n) is 3.14. The summed E-state index contributed by atoms with van der Waals surface area (Å²) < 4.78 is 0. The van der Waals surface area contributed by atoms with Crippen molar-refractivity contribution in [3.8, 4) is 6.07 Å². The lowest BCUT2D eigenvalue weighted by molar-refractivity contribution is 0.153. The minimum absolute atomic E-state index is 0.326. The summed E-state index contributed by atoms with van der Waals surface area (Å²) in [7, 11) is 0. The molecule has 0 radical (unpaired) electrons. The number of rotatable bonds is 7. The highest BCUT2D eigenvalue weighted by Gasteiger charge is 2.28. The van der Waals surface area contributed by atoms with Crippen molar-refractivity contribution >= 4 is 0 Å². The molecule has 0 spiro atoms. The number of likely N-dealkylation sites (tertiary alicyclic amines) is 1. The van der Waals surface area contributed by atoms with Gasteiger partial charge in [0, 0.05) is 12.1 Å². The minimum Gasteiger partial charge on any atom is -0.301 e. The lowest BCUT2D eigenvalue weighted by atomic mass is 9.90. The molecular weight excluding hydrogens is 234 g/mol. The topological polar surface area (TPSA) is 39.1 Å². The van der Waals surface area contributed by atoms with E-state index >= 15 is 0 Å². The molecular formula is C16H31N3. The molecule has 19 heavy (non-hydrogen) atoms. The average Bonchev–Trinajstić information content (AvgIpc) is 2.39. The number of hydrogen-bond donors (Lipinski definition) is 1. The Morgan fingerprint density at radius 2 is 2.16 bits per heavy atom. The summed E-state index contributed by atoms with van der Waals surface area (Å²) in [5, 5.41) is 13.0. The molecule has 0 aliphatic carbocycles. The molecule has 1 rings (SSSR count). The Morgan fingerprint density at radius 1 is 1.42 bits per heavy atom. The fourth-order valence-corrected chi connectivity index (χ4v) is 3.14. The highest BCUT2D eigenvalue weighted by atomic mass is 15.2. The zero-order valence-corrected chi connectivity index (χ0v) is 13.2. The fraction of sp³-hybridized carbons (Fsp3) is 0.938. The van der Waals surface area contributed by atoms with E-state index in [1.165, 1.54) is 25.8 Å². The van der Waals surface area contributed by atoms with Crippen LogP contribution in [0.1, 0.15) is 66.2 Å². The Hall–Kier alpha value is -0.590. The van der Waals surface area contributed by atoms with Crippen molar-refractivity contribution < 1.29 is 0 Å². The lowest BCUT2D eigenvalue weighted by Gasteiger charge is -2.35. The molecule has 0 bridgehead atoms. The number of hydrogen-bond acceptors (Lipinski definition) is 3. The summed E-state index contributed by atoms with van der Waals surface area (Å²) in [5.74, 6) is 0. The highest BCUT2D eigenvalue weighted by molar-refractivity contribution is 5.06. The third-order valence-electron chi connectivity index (χ3n) is 4.37. The molecule has 0 aromatic carbocycles. The van der Waals surface area contributed by atoms with Crippen LogP contribution >= 0.6 is 0 Å². The number of piperidine rings is 1. The molecule has 3 heteroatoms. The zero-order chi connectivity index (χ0) is 14.3. The van der Waals surface area contributed by atoms with Gasteiger partial charge in [0.05, 0.1) is 6.07 Å². The van der Waals surface area contributed by atoms with Gasteiger partial charge in [0.1, 0.15) is 5.54 Å². The van der Waals surface area contributed by atoms with Gasteiger partial charge in [-0.2, -0.15) is 5.26 Å². The standard InChI is InChI=1S/C16H31N3/c1-5-16(13-17,18-14(2)3)10-8-12-19-11-7-6-9-15(19)4/h14-15,18H,5-12H2,1-4H3. The van der Waals surface area contributed by atoms with Crippen LogP contribution in [-0.4, -0.2) is 35.6 Å². The van der Waals surface area contributed by atoms with E-state index < -0.39 is 0 Å². The number of nitriles is 1. The Morgan fingerprint density at radius 3 is 2.68 bits per heavy atom. The van der Waals surface area contributed by atoms with Crippen molar-refractivity contribution in [3.05, 3.63) is 0 Å². The lowest BCUT2D eigenvalue weighted by Crippen LogP contribution is -2.48. The molecule has 2 unspecified atom stereocenters. The minimum atomic E-state index is -0.326. The van der Waals surface area contributed by atoms with E-state index in [9.17, 15) is 5.26 Å². The SMILES string of the molecule is CCC(C#N)(CCCN1CCCCC1C)NC(C)C. The highest BCUT2D eigenvalue weighted by Crippen LogP contribution is 2.21. The smallest absolute Gasteiger partial charge is 0.106 e. The molecule has 1 aliphatic rings. The second-order valence-corrected chi connectivity index (χ2v) is 6.33. The van der Waals surface area contributed by atoms with Crippen molar-refractivity contribution in [3.63, 3.8) is 0 Å². The van der Waals surface area contributed by atoms with E-state index in [-0.39, 0.29) is 5.54 Å². The second-order valence-electron chi connectivity index (χ2n) is 6.33. The van der Waals surface area contributed by atoms with Crippen LogP contribution in [0.25, 0.3) is 0 Å². The number of nitrogens with zero attached hydrogens (tertiary/aromatic N) is 2. The molecule has 0 saturated carbocycles. The van der Waals surface area contributed by atoms with Crippen molar-refractivity contribution in [2.75, 3.05) is 13.1 Å². The van der Waals surface area contributed by atoms with Crippen molar-refractivity contribution in [1.82, 2.24) is 10.2 Å². The van der Waals surface area contributed by atoms with Gasteiger partial charge < -0.3 is 4.90 Å². The predicted octanol–water partition coefficient (Wildman–Crippen LogP) is 3.31. The van der Waals surface area contributed by atoms with Gasteiger partial charge in [-0.05, 0) is 66.0 Å². The van der Waals surface area contributed by atoms with E-state index in [1.54, 1.807) is 0 Å². The summed E-state index contributed by atoms with van der Waals surface area (Å²) in [4.78, 5) is 2.59. The Labute approximate surface area is 119 Å². The Balaban J connectivity index is 2.41. The molecule has 110 valence electrons. The molecule has 1 saturated heterocycles. The molecule has 1 N–H and O–H groups in total. The molecule has 1 fully saturated rings. The normalized spacial score (nSPS) is 24.1. The summed E-state index contributed by atoms with van der Waals surface area (Å²) in [6.45, 7) is 11.1. The predicted molar refractivity (Wildman–Crippen MR) is 81.0 cm³/mol. The Bertz CT molecular complexity index is 295. The van der Waals surface area contributed by atoms with E-state index in [2.05, 4.69) is 44.0 Å². The van der Waals surface area contributed by atoms with Crippen molar-refractivity contribution in [2.24, 2.45) is 0 Å². The van der Waals surface area contributed by atoms with Gasteiger partial charge >= 0.3 is 0 Å². The molecule has 1 aliphatic heterocycles. The summed E-state index contributed by atoms with van der Waals surface area (Å²) in [5.41, 5.74) is -0.326. The molecule has 3 nitrogen and oxygen atoms in total. The molecule has 0 aromatic rings. The van der Waals surface area contributed by atoms with Gasteiger partial charge in [0.25, 0.3) is 0 Å². The first-order valence-corrected chi connectivity index (χ1v) is 7.96. The Kier molecular flexibility index (Phi) is 6.82. The van der Waals surface area contributed by atoms with Crippen molar-refractivity contribution in [1.29, 1.82) is 5.26 Å². The van der Waals surface area contributed by atoms with Gasteiger partial charge in [-0.15, -0.1) is 0 Å². The summed E-state index contributed by atoms with van der Waals surface area (Å²) >= 11 is 0. The van der Waals surface area contributed by atoms with Gasteiger partial charge in [-0.1, -0.05) is 13.3 Å². The third-order valence-corrected chi connectivity index (χ3v) is 4.37. The zero-order valence-electron chi connectivity index (χ0n) is 13.2. The van der Waals surface area contributed by atoms with Gasteiger partial charge in [0.2, 0.25) is 0 Å². The molecule has 0 amide bonds. The monoisotopic (exact) mass is 265 g/mol. The summed E-state index contributed by atoms with van der Waals surface area (Å²) in [6.07, 6.45) is 7.01. The second kappa shape index (κ2) is 7.87. The number of nitrogens with one attached hydrogen (secondary N) is 1. The summed E-state index contributed by atoms with van der Waals surface area (Å²) in [6, 6.07) is 3.61. The molecule has 1 heterocycles. The van der Waals surface area contributed by atoms with Crippen LogP contribution in [0.2, 0.25) is 0 Å². The molecule has 2 atom stereocenters. The van der Waals surface area contributed by atoms with Crippen LogP contribution < -0.4 is 5.32 Å². The van der Waals surface area contributed by atoms with Crippen LogP contribution in [0.15, 0.2) is 0 Å². The average molecular weight is 265 g/mol. The van der Waals surface area contributed by atoms with E-state index in [0.29, 0.717) is 6.04 Å². The van der Waals surface area contributed by atoms with Crippen LogP contribution in [0.3, 0.4) is 0 Å². The first-order valence-electron chi connectivity index (χ1n) is 7.96. The van der Waals surface area contributed by atoms with Gasteiger partial charge in [0.15, 0.2) is 0 Å². The largest absolute Gasteiger partial charge is 0.301 e. The van der Waals surface area contributed by atoms with E-state index in [4.69, 9.17) is 0 Å². The van der Waals surface area contributed by atoms with E-state index in [1.807, 2.05) is 0 Å². The van der Waals surface area contributed by atoms with Crippen LogP contribution in [-0.2, 0) is 0 Å². The molecule has 0 aromatic heterocycles. The maximum Gasteiger partial charge on any atom is 0.106 e. The van der Waals surface area contributed by atoms with Crippen LogP contribution in [0.5, 0.6) is 0 Å². The maximum absolute atomic E-state index is 9.49. The maximum atomic E-state index is 9.49. The first kappa shape index (κ1) is 16.5. The van der Waals surface area contributed by atoms with E-state index in [0.717, 1.165) is 31.8 Å². The first-order chi connectivity index (χ1) is 9.03. The van der Waals surface area contributed by atoms with Crippen molar-refractivity contribution in [2.45, 2.75) is 83.8 Å².